The Morgan fingerprint density at radius 1 is 1.06 bits per heavy atom. The predicted octanol–water partition coefficient (Wildman–Crippen LogP) is 4.71. The lowest BCUT2D eigenvalue weighted by Gasteiger charge is -2.18. The Kier molecular flexibility index (Phi) is 5.36. The summed E-state index contributed by atoms with van der Waals surface area (Å²) in [6.07, 6.45) is 0.999. The Morgan fingerprint density at radius 2 is 1.82 bits per heavy atom. The van der Waals surface area contributed by atoms with Crippen LogP contribution < -0.4 is 9.62 Å². The third-order valence-corrected chi connectivity index (χ3v) is 8.32. The summed E-state index contributed by atoms with van der Waals surface area (Å²) < 4.78 is 29.9. The molecule has 0 saturated carbocycles. The molecule has 4 aromatic rings. The average Bonchev–Trinajstić information content (AvgIpc) is 3.41. The number of fused-ring (bicyclic) bond motifs is 2. The van der Waals surface area contributed by atoms with Crippen molar-refractivity contribution in [3.8, 4) is 6.07 Å². The Morgan fingerprint density at radius 3 is 2.61 bits per heavy atom. The van der Waals surface area contributed by atoms with E-state index in [0.29, 0.717) is 23.3 Å². The molecule has 0 bridgehead atoms. The van der Waals surface area contributed by atoms with Gasteiger partial charge < -0.3 is 4.90 Å². The van der Waals surface area contributed by atoms with Gasteiger partial charge in [0.2, 0.25) is 5.91 Å². The maximum atomic E-state index is 13.3. The molecule has 1 amide bonds. The second kappa shape index (κ2) is 8.35. The monoisotopic (exact) mass is 473 g/mol. The second-order valence-corrected chi connectivity index (χ2v) is 10.4. The molecule has 0 fully saturated rings. The van der Waals surface area contributed by atoms with Gasteiger partial charge in [-0.05, 0) is 35.7 Å². The summed E-state index contributed by atoms with van der Waals surface area (Å²) in [5.41, 5.74) is 3.00. The average molecular weight is 474 g/mol. The van der Waals surface area contributed by atoms with Crippen LogP contribution in [0.5, 0.6) is 0 Å². The van der Waals surface area contributed by atoms with Crippen molar-refractivity contribution in [1.82, 2.24) is 0 Å². The molecule has 0 atom stereocenters. The number of amides is 1. The smallest absolute Gasteiger partial charge is 0.264 e. The Balaban J connectivity index is 1.45. The van der Waals surface area contributed by atoms with Gasteiger partial charge in [-0.25, -0.2) is 8.42 Å². The third-order valence-electron chi connectivity index (χ3n) is 5.65. The van der Waals surface area contributed by atoms with Crippen LogP contribution in [-0.4, -0.2) is 20.9 Å². The minimum Gasteiger partial charge on any atom is -0.311 e. The molecule has 164 valence electrons. The zero-order valence-electron chi connectivity index (χ0n) is 17.5. The van der Waals surface area contributed by atoms with Gasteiger partial charge in [0.05, 0.1) is 12.1 Å². The van der Waals surface area contributed by atoms with E-state index in [-0.39, 0.29) is 22.1 Å². The van der Waals surface area contributed by atoms with Gasteiger partial charge in [0.15, 0.2) is 0 Å². The number of sulfonamides is 1. The zero-order chi connectivity index (χ0) is 23.0. The molecule has 2 heterocycles. The maximum Gasteiger partial charge on any atom is 0.264 e. The Bertz CT molecular complexity index is 1520. The molecule has 0 radical (unpaired) electrons. The van der Waals surface area contributed by atoms with Crippen LogP contribution in [-0.2, 0) is 27.7 Å². The molecular formula is C25H19N3O3S2. The van der Waals surface area contributed by atoms with Crippen molar-refractivity contribution in [1.29, 1.82) is 5.26 Å². The summed E-state index contributed by atoms with van der Waals surface area (Å²) in [5, 5.41) is 10.0. The number of benzene rings is 3. The molecule has 1 N–H and O–H groups in total. The van der Waals surface area contributed by atoms with E-state index in [2.05, 4.69) is 4.72 Å². The number of rotatable bonds is 5. The summed E-state index contributed by atoms with van der Waals surface area (Å²) in [4.78, 5) is 14.8. The number of nitrogens with zero attached hydrogens (tertiary/aromatic N) is 2. The van der Waals surface area contributed by atoms with Crippen molar-refractivity contribution in [2.24, 2.45) is 0 Å². The van der Waals surface area contributed by atoms with Crippen LogP contribution in [0.15, 0.2) is 77.7 Å². The molecule has 1 aliphatic heterocycles. The number of nitrogens with one attached hydrogen (secondary N) is 1. The quantitative estimate of drug-likeness (QED) is 0.455. The van der Waals surface area contributed by atoms with Gasteiger partial charge in [0.1, 0.15) is 15.8 Å². The maximum absolute atomic E-state index is 13.3. The highest BCUT2D eigenvalue weighted by atomic mass is 32.2. The van der Waals surface area contributed by atoms with E-state index in [9.17, 15) is 18.5 Å². The van der Waals surface area contributed by atoms with Crippen LogP contribution in [0.2, 0.25) is 0 Å². The van der Waals surface area contributed by atoms with Crippen molar-refractivity contribution in [3.63, 3.8) is 0 Å². The lowest BCUT2D eigenvalue weighted by atomic mass is 10.1. The molecule has 3 aromatic carbocycles. The third kappa shape index (κ3) is 3.97. The number of anilines is 2. The first-order chi connectivity index (χ1) is 16.0. The largest absolute Gasteiger partial charge is 0.311 e. The molecular weight excluding hydrogens is 454 g/mol. The van der Waals surface area contributed by atoms with E-state index < -0.39 is 10.0 Å². The van der Waals surface area contributed by atoms with Gasteiger partial charge in [-0.1, -0.05) is 54.6 Å². The fraction of sp³-hybridized carbons (Fsp3) is 0.120. The van der Waals surface area contributed by atoms with Crippen LogP contribution in [0.4, 0.5) is 11.4 Å². The van der Waals surface area contributed by atoms with E-state index in [1.54, 1.807) is 35.2 Å². The number of carbonyl (C=O) groups excluding carboxylic acids is 1. The Hall–Kier alpha value is -3.67. The topological polar surface area (TPSA) is 90.3 Å². The molecule has 0 unspecified atom stereocenters. The summed E-state index contributed by atoms with van der Waals surface area (Å²) >= 11 is 1.15. The van der Waals surface area contributed by atoms with Crippen molar-refractivity contribution >= 4 is 48.7 Å². The molecule has 1 aromatic heterocycles. The summed E-state index contributed by atoms with van der Waals surface area (Å²) in [6.45, 7) is 0.560. The highest BCUT2D eigenvalue weighted by Crippen LogP contribution is 2.36. The number of nitriles is 1. The SMILES string of the molecule is N#Cc1sc2ccccc2c1S(=O)(=O)Nc1ccc2c(c1)N(C(=O)Cc1ccccc1)CC2. The van der Waals surface area contributed by atoms with E-state index in [1.165, 1.54) is 0 Å². The van der Waals surface area contributed by atoms with Crippen LogP contribution in [0.3, 0.4) is 0 Å². The minimum absolute atomic E-state index is 0.0110. The van der Waals surface area contributed by atoms with Crippen LogP contribution >= 0.6 is 11.3 Å². The lowest BCUT2D eigenvalue weighted by Crippen LogP contribution is -2.30. The first-order valence-corrected chi connectivity index (χ1v) is 12.7. The number of hydrogen-bond acceptors (Lipinski definition) is 5. The first-order valence-electron chi connectivity index (χ1n) is 10.4. The van der Waals surface area contributed by atoms with Crippen molar-refractivity contribution in [3.05, 3.63) is 88.8 Å². The van der Waals surface area contributed by atoms with E-state index in [0.717, 1.165) is 33.6 Å². The van der Waals surface area contributed by atoms with Gasteiger partial charge in [0, 0.05) is 22.3 Å². The van der Waals surface area contributed by atoms with Gasteiger partial charge >= 0.3 is 0 Å². The van der Waals surface area contributed by atoms with Crippen LogP contribution in [0.25, 0.3) is 10.1 Å². The van der Waals surface area contributed by atoms with E-state index in [4.69, 9.17) is 0 Å². The van der Waals surface area contributed by atoms with Crippen molar-refractivity contribution in [2.75, 3.05) is 16.2 Å². The fourth-order valence-corrected chi connectivity index (χ4v) is 6.85. The molecule has 1 aliphatic rings. The Labute approximate surface area is 195 Å². The summed E-state index contributed by atoms with van der Waals surface area (Å²) in [6, 6.07) is 23.8. The van der Waals surface area contributed by atoms with Crippen molar-refractivity contribution in [2.45, 2.75) is 17.7 Å². The standard InChI is InChI=1S/C25H19N3O3S2/c26-16-23-25(20-8-4-5-9-22(20)32-23)33(30,31)27-19-11-10-18-12-13-28(21(18)15-19)24(29)14-17-6-2-1-3-7-17/h1-11,15,27H,12-14H2. The molecule has 0 aliphatic carbocycles. The van der Waals surface area contributed by atoms with Crippen molar-refractivity contribution < 1.29 is 13.2 Å². The van der Waals surface area contributed by atoms with Crippen LogP contribution in [0, 0.1) is 11.3 Å². The highest BCUT2D eigenvalue weighted by molar-refractivity contribution is 7.93. The summed E-state index contributed by atoms with van der Waals surface area (Å²) in [7, 11) is -4.01. The number of hydrogen-bond donors (Lipinski definition) is 1. The van der Waals surface area contributed by atoms with E-state index in [1.807, 2.05) is 48.5 Å². The van der Waals surface area contributed by atoms with E-state index >= 15 is 0 Å². The fourth-order valence-electron chi connectivity index (χ4n) is 4.14. The highest BCUT2D eigenvalue weighted by Gasteiger charge is 2.28. The zero-order valence-corrected chi connectivity index (χ0v) is 19.1. The molecule has 6 nitrogen and oxygen atoms in total. The molecule has 5 rings (SSSR count). The number of thiophene rings is 1. The normalized spacial score (nSPS) is 13.0. The molecule has 8 heteroatoms. The molecule has 0 saturated heterocycles. The first kappa shape index (κ1) is 21.2. The lowest BCUT2D eigenvalue weighted by molar-refractivity contribution is -0.117. The van der Waals surface area contributed by atoms with Crippen LogP contribution in [0.1, 0.15) is 16.0 Å². The van der Waals surface area contributed by atoms with Gasteiger partial charge in [-0.2, -0.15) is 5.26 Å². The second-order valence-electron chi connectivity index (χ2n) is 7.78. The summed E-state index contributed by atoms with van der Waals surface area (Å²) in [5.74, 6) is -0.0319. The number of carbonyl (C=O) groups is 1. The van der Waals surface area contributed by atoms with Gasteiger partial charge in [0.25, 0.3) is 10.0 Å². The molecule has 0 spiro atoms. The van der Waals surface area contributed by atoms with Gasteiger partial charge in [-0.15, -0.1) is 11.3 Å². The van der Waals surface area contributed by atoms with Gasteiger partial charge in [-0.3, -0.25) is 9.52 Å². The predicted molar refractivity (Wildman–Crippen MR) is 130 cm³/mol. The minimum atomic E-state index is -4.01. The molecule has 33 heavy (non-hydrogen) atoms.